The van der Waals surface area contributed by atoms with Crippen LogP contribution in [-0.2, 0) is 9.59 Å². The fraction of sp³-hybridized carbons (Fsp3) is 0.280. The molecule has 0 N–H and O–H groups in total. The van der Waals surface area contributed by atoms with Crippen LogP contribution in [0.4, 0.5) is 5.69 Å². The third-order valence-corrected chi connectivity index (χ3v) is 5.03. The quantitative estimate of drug-likeness (QED) is 0.243. The Balaban J connectivity index is 1.34. The van der Waals surface area contributed by atoms with Crippen LogP contribution in [0.2, 0.25) is 0 Å². The summed E-state index contributed by atoms with van der Waals surface area (Å²) in [4.78, 5) is 31.2. The molecule has 8 nitrogen and oxygen atoms in total. The van der Waals surface area contributed by atoms with Crippen LogP contribution in [0.3, 0.4) is 0 Å². The second-order valence-corrected chi connectivity index (χ2v) is 7.27. The van der Waals surface area contributed by atoms with E-state index in [-0.39, 0.29) is 0 Å². The fourth-order valence-electron chi connectivity index (χ4n) is 3.20. The Bertz CT molecular complexity index is 1070. The summed E-state index contributed by atoms with van der Waals surface area (Å²) >= 11 is 0. The molecule has 0 unspecified atom stereocenters. The first-order chi connectivity index (χ1) is 16.1. The van der Waals surface area contributed by atoms with Crippen molar-refractivity contribution in [3.63, 3.8) is 0 Å². The van der Waals surface area contributed by atoms with Gasteiger partial charge in [-0.3, -0.25) is 9.59 Å². The van der Waals surface area contributed by atoms with Gasteiger partial charge in [-0.25, -0.2) is 4.85 Å². The monoisotopic (exact) mass is 444 g/mol. The SMILES string of the molecule is [C-]#[N+]c1ccc(OCCCN2CCN(C/C=C/COc3ccc(C#N)cc3)C(=O)C2=O)cc1. The first-order valence-corrected chi connectivity index (χ1v) is 10.6. The smallest absolute Gasteiger partial charge is 0.312 e. The van der Waals surface area contributed by atoms with Crippen molar-refractivity contribution in [3.8, 4) is 17.6 Å². The van der Waals surface area contributed by atoms with E-state index in [2.05, 4.69) is 4.85 Å². The fourth-order valence-corrected chi connectivity index (χ4v) is 3.20. The van der Waals surface area contributed by atoms with Crippen molar-refractivity contribution in [2.75, 3.05) is 39.4 Å². The minimum Gasteiger partial charge on any atom is -0.494 e. The van der Waals surface area contributed by atoms with E-state index < -0.39 is 11.8 Å². The van der Waals surface area contributed by atoms with E-state index in [1.165, 1.54) is 4.90 Å². The Morgan fingerprint density at radius 2 is 1.58 bits per heavy atom. The topological polar surface area (TPSA) is 87.2 Å². The number of amides is 2. The molecule has 2 aromatic rings. The van der Waals surface area contributed by atoms with Crippen molar-refractivity contribution < 1.29 is 19.1 Å². The van der Waals surface area contributed by atoms with Crippen molar-refractivity contribution in [3.05, 3.63) is 77.7 Å². The van der Waals surface area contributed by atoms with Crippen molar-refractivity contribution >= 4 is 17.5 Å². The lowest BCUT2D eigenvalue weighted by molar-refractivity contribution is -0.155. The Labute approximate surface area is 193 Å². The molecule has 0 bridgehead atoms. The summed E-state index contributed by atoms with van der Waals surface area (Å²) in [6, 6.07) is 15.7. The Morgan fingerprint density at radius 3 is 2.27 bits per heavy atom. The maximum atomic E-state index is 12.4. The average molecular weight is 444 g/mol. The van der Waals surface area contributed by atoms with Crippen molar-refractivity contribution in [1.29, 1.82) is 5.26 Å². The number of nitriles is 1. The van der Waals surface area contributed by atoms with Gasteiger partial charge < -0.3 is 19.3 Å². The first-order valence-electron chi connectivity index (χ1n) is 10.6. The largest absolute Gasteiger partial charge is 0.494 e. The molecule has 0 saturated carbocycles. The molecule has 0 atom stereocenters. The maximum Gasteiger partial charge on any atom is 0.312 e. The summed E-state index contributed by atoms with van der Waals surface area (Å²) < 4.78 is 11.2. The molecule has 168 valence electrons. The lowest BCUT2D eigenvalue weighted by Crippen LogP contribution is -2.54. The van der Waals surface area contributed by atoms with Crippen LogP contribution in [0.5, 0.6) is 11.5 Å². The molecule has 1 fully saturated rings. The van der Waals surface area contributed by atoms with Gasteiger partial charge in [-0.05, 0) is 48.9 Å². The molecule has 1 aliphatic rings. The number of carbonyl (C=O) groups is 2. The summed E-state index contributed by atoms with van der Waals surface area (Å²) in [5, 5.41) is 8.79. The van der Waals surface area contributed by atoms with Crippen molar-refractivity contribution in [1.82, 2.24) is 9.80 Å². The molecule has 2 amide bonds. The van der Waals surface area contributed by atoms with E-state index in [1.54, 1.807) is 65.6 Å². The van der Waals surface area contributed by atoms with Gasteiger partial charge in [-0.1, -0.05) is 18.2 Å². The summed E-state index contributed by atoms with van der Waals surface area (Å²) in [6.07, 6.45) is 4.21. The normalized spacial score (nSPS) is 13.6. The molecule has 0 aliphatic carbocycles. The molecule has 0 aromatic heterocycles. The van der Waals surface area contributed by atoms with Crippen LogP contribution < -0.4 is 9.47 Å². The number of piperazine rings is 1. The van der Waals surface area contributed by atoms with Gasteiger partial charge in [0, 0.05) is 26.2 Å². The Kier molecular flexibility index (Phi) is 8.44. The van der Waals surface area contributed by atoms with Gasteiger partial charge in [-0.15, -0.1) is 0 Å². The van der Waals surface area contributed by atoms with Crippen LogP contribution in [0, 0.1) is 17.9 Å². The molecule has 8 heteroatoms. The summed E-state index contributed by atoms with van der Waals surface area (Å²) in [6.45, 7) is 9.45. The molecular weight excluding hydrogens is 420 g/mol. The minimum absolute atomic E-state index is 0.328. The predicted octanol–water partition coefficient (Wildman–Crippen LogP) is 3.18. The molecule has 1 saturated heterocycles. The van der Waals surface area contributed by atoms with Crippen molar-refractivity contribution in [2.24, 2.45) is 0 Å². The highest BCUT2D eigenvalue weighted by Gasteiger charge is 2.31. The third kappa shape index (κ3) is 6.84. The van der Waals surface area contributed by atoms with E-state index in [9.17, 15) is 9.59 Å². The van der Waals surface area contributed by atoms with E-state index in [4.69, 9.17) is 21.3 Å². The second kappa shape index (κ2) is 11.9. The number of hydrogen-bond acceptors (Lipinski definition) is 5. The predicted molar refractivity (Wildman–Crippen MR) is 122 cm³/mol. The van der Waals surface area contributed by atoms with Crippen LogP contribution in [0.1, 0.15) is 12.0 Å². The van der Waals surface area contributed by atoms with E-state index in [0.29, 0.717) is 68.6 Å². The van der Waals surface area contributed by atoms with Crippen LogP contribution >= 0.6 is 0 Å². The summed E-state index contributed by atoms with van der Waals surface area (Å²) in [7, 11) is 0. The number of benzene rings is 2. The highest BCUT2D eigenvalue weighted by atomic mass is 16.5. The standard InChI is InChI=1S/C25H24N4O4/c1-27-21-7-11-23(12-8-21)33-18-4-14-29-16-15-28(24(30)25(29)31)13-2-3-17-32-22-9-5-20(19-26)6-10-22/h2-3,5-12H,4,13-18H2/b3-2+. The lowest BCUT2D eigenvalue weighted by atomic mass is 10.2. The Morgan fingerprint density at radius 1 is 0.939 bits per heavy atom. The molecule has 1 heterocycles. The zero-order valence-electron chi connectivity index (χ0n) is 18.1. The molecule has 2 aromatic carbocycles. The molecular formula is C25H24N4O4. The maximum absolute atomic E-state index is 12.4. The highest BCUT2D eigenvalue weighted by molar-refractivity contribution is 6.35. The number of carbonyl (C=O) groups excluding carboxylic acids is 2. The third-order valence-electron chi connectivity index (χ3n) is 5.03. The van der Waals surface area contributed by atoms with E-state index in [0.717, 1.165) is 0 Å². The first kappa shape index (κ1) is 23.4. The van der Waals surface area contributed by atoms with Gasteiger partial charge in [0.15, 0.2) is 5.69 Å². The van der Waals surface area contributed by atoms with E-state index >= 15 is 0 Å². The van der Waals surface area contributed by atoms with Gasteiger partial charge >= 0.3 is 11.8 Å². The van der Waals surface area contributed by atoms with Crippen LogP contribution in [0.25, 0.3) is 4.85 Å². The molecule has 0 radical (unpaired) electrons. The molecule has 33 heavy (non-hydrogen) atoms. The molecule has 0 spiro atoms. The summed E-state index contributed by atoms with van der Waals surface area (Å²) in [5.41, 5.74) is 1.12. The number of nitrogens with zero attached hydrogens (tertiary/aromatic N) is 4. The second-order valence-electron chi connectivity index (χ2n) is 7.27. The average Bonchev–Trinajstić information content (AvgIpc) is 2.86. The number of hydrogen-bond donors (Lipinski definition) is 0. The van der Waals surface area contributed by atoms with Gasteiger partial charge in [-0.2, -0.15) is 5.26 Å². The zero-order chi connectivity index (χ0) is 23.5. The molecule has 3 rings (SSSR count). The van der Waals surface area contributed by atoms with Gasteiger partial charge in [0.2, 0.25) is 0 Å². The van der Waals surface area contributed by atoms with E-state index in [1.807, 2.05) is 6.07 Å². The minimum atomic E-state index is -0.505. The van der Waals surface area contributed by atoms with Crippen LogP contribution in [-0.4, -0.2) is 61.0 Å². The number of ether oxygens (including phenoxy) is 2. The van der Waals surface area contributed by atoms with Gasteiger partial charge in [0.1, 0.15) is 18.1 Å². The van der Waals surface area contributed by atoms with Gasteiger partial charge in [0.05, 0.1) is 24.8 Å². The Hall–Kier alpha value is -4.30. The highest BCUT2D eigenvalue weighted by Crippen LogP contribution is 2.18. The van der Waals surface area contributed by atoms with Crippen LogP contribution in [0.15, 0.2) is 60.7 Å². The van der Waals surface area contributed by atoms with Crippen molar-refractivity contribution in [2.45, 2.75) is 6.42 Å². The lowest BCUT2D eigenvalue weighted by Gasteiger charge is -2.33. The zero-order valence-corrected chi connectivity index (χ0v) is 18.1. The molecule has 1 aliphatic heterocycles. The number of rotatable bonds is 10. The summed E-state index contributed by atoms with van der Waals surface area (Å²) in [5.74, 6) is 0.326. The van der Waals surface area contributed by atoms with Gasteiger partial charge in [0.25, 0.3) is 0 Å².